The first-order valence-corrected chi connectivity index (χ1v) is 4.68. The van der Waals surface area contributed by atoms with E-state index in [1.165, 1.54) is 0 Å². The Balaban J connectivity index is 2.65. The standard InChI is InChI=1S/C5H7IN2S/c1-7-4(6)5-8-2-3-9-5/h2-4,7H,1H3. The third-order valence-corrected chi connectivity index (χ3v) is 3.40. The lowest BCUT2D eigenvalue weighted by atomic mass is 10.7. The summed E-state index contributed by atoms with van der Waals surface area (Å²) in [4.78, 5) is 4.14. The number of thiazole rings is 1. The summed E-state index contributed by atoms with van der Waals surface area (Å²) in [6.45, 7) is 0. The highest BCUT2D eigenvalue weighted by molar-refractivity contribution is 14.1. The number of alkyl halides is 1. The van der Waals surface area contributed by atoms with Gasteiger partial charge in [0.15, 0.2) is 0 Å². The Morgan fingerprint density at radius 3 is 3.11 bits per heavy atom. The molecule has 50 valence electrons. The van der Waals surface area contributed by atoms with Crippen LogP contribution in [0.4, 0.5) is 0 Å². The third-order valence-electron chi connectivity index (χ3n) is 0.922. The van der Waals surface area contributed by atoms with Crippen LogP contribution in [0.25, 0.3) is 0 Å². The maximum atomic E-state index is 4.14. The average Bonchev–Trinajstić information content (AvgIpc) is 2.37. The van der Waals surface area contributed by atoms with Gasteiger partial charge in [-0.2, -0.15) is 0 Å². The van der Waals surface area contributed by atoms with Gasteiger partial charge in [0.05, 0.1) is 0 Å². The van der Waals surface area contributed by atoms with E-state index < -0.39 is 0 Å². The van der Waals surface area contributed by atoms with Crippen LogP contribution in [-0.4, -0.2) is 12.0 Å². The summed E-state index contributed by atoms with van der Waals surface area (Å²) in [6.07, 6.45) is 1.82. The van der Waals surface area contributed by atoms with Gasteiger partial charge in [-0.1, -0.05) is 22.6 Å². The van der Waals surface area contributed by atoms with Crippen LogP contribution in [0.5, 0.6) is 0 Å². The zero-order valence-corrected chi connectivity index (χ0v) is 7.94. The number of aromatic nitrogens is 1. The number of hydrogen-bond acceptors (Lipinski definition) is 3. The molecule has 1 aromatic rings. The van der Waals surface area contributed by atoms with E-state index in [-0.39, 0.29) is 0 Å². The van der Waals surface area contributed by atoms with Crippen LogP contribution in [0.15, 0.2) is 11.6 Å². The van der Waals surface area contributed by atoms with Crippen molar-refractivity contribution in [2.24, 2.45) is 0 Å². The molecule has 1 heterocycles. The van der Waals surface area contributed by atoms with Crippen LogP contribution in [0.3, 0.4) is 0 Å². The van der Waals surface area contributed by atoms with Crippen LogP contribution in [0, 0.1) is 0 Å². The summed E-state index contributed by atoms with van der Waals surface area (Å²) in [6, 6.07) is 0. The van der Waals surface area contributed by atoms with E-state index in [9.17, 15) is 0 Å². The molecule has 4 heteroatoms. The topological polar surface area (TPSA) is 24.9 Å². The highest BCUT2D eigenvalue weighted by Gasteiger charge is 2.04. The van der Waals surface area contributed by atoms with E-state index >= 15 is 0 Å². The minimum atomic E-state index is 0.364. The molecule has 1 unspecified atom stereocenters. The Bertz CT molecular complexity index is 163. The summed E-state index contributed by atoms with van der Waals surface area (Å²) in [7, 11) is 1.93. The zero-order chi connectivity index (χ0) is 6.69. The monoisotopic (exact) mass is 254 g/mol. The maximum Gasteiger partial charge on any atom is 0.120 e. The number of nitrogens with one attached hydrogen (secondary N) is 1. The normalized spacial score (nSPS) is 13.6. The first kappa shape index (κ1) is 7.43. The minimum absolute atomic E-state index is 0.364. The quantitative estimate of drug-likeness (QED) is 0.494. The number of rotatable bonds is 2. The van der Waals surface area contributed by atoms with Crippen LogP contribution in [-0.2, 0) is 0 Å². The molecule has 1 rings (SSSR count). The Hall–Kier alpha value is 0.320. The molecule has 1 N–H and O–H groups in total. The van der Waals surface area contributed by atoms with E-state index in [0.717, 1.165) is 5.01 Å². The van der Waals surface area contributed by atoms with Gasteiger partial charge in [0.1, 0.15) is 9.06 Å². The van der Waals surface area contributed by atoms with Gasteiger partial charge in [0, 0.05) is 11.6 Å². The number of hydrogen-bond donors (Lipinski definition) is 1. The van der Waals surface area contributed by atoms with E-state index in [1.807, 2.05) is 18.6 Å². The Kier molecular flexibility index (Phi) is 2.87. The molecule has 0 fully saturated rings. The van der Waals surface area contributed by atoms with Crippen molar-refractivity contribution in [3.05, 3.63) is 16.6 Å². The Morgan fingerprint density at radius 1 is 1.89 bits per heavy atom. The van der Waals surface area contributed by atoms with Gasteiger partial charge in [0.2, 0.25) is 0 Å². The zero-order valence-electron chi connectivity index (χ0n) is 4.97. The van der Waals surface area contributed by atoms with Crippen molar-refractivity contribution in [3.63, 3.8) is 0 Å². The van der Waals surface area contributed by atoms with Gasteiger partial charge < -0.3 is 5.32 Å². The molecule has 0 saturated heterocycles. The van der Waals surface area contributed by atoms with Gasteiger partial charge in [-0.15, -0.1) is 11.3 Å². The molecule has 0 aliphatic rings. The van der Waals surface area contributed by atoms with E-state index in [2.05, 4.69) is 32.9 Å². The second-order valence-electron chi connectivity index (χ2n) is 1.52. The molecule has 0 radical (unpaired) electrons. The largest absolute Gasteiger partial charge is 0.303 e. The van der Waals surface area contributed by atoms with Gasteiger partial charge in [-0.3, -0.25) is 0 Å². The number of halogens is 1. The molecule has 9 heavy (non-hydrogen) atoms. The van der Waals surface area contributed by atoms with Crippen LogP contribution in [0.1, 0.15) is 9.06 Å². The fraction of sp³-hybridized carbons (Fsp3) is 0.400. The summed E-state index contributed by atoms with van der Waals surface area (Å²) in [5, 5.41) is 6.22. The minimum Gasteiger partial charge on any atom is -0.303 e. The fourth-order valence-corrected chi connectivity index (χ4v) is 1.70. The van der Waals surface area contributed by atoms with Crippen LogP contribution < -0.4 is 5.32 Å². The summed E-state index contributed by atoms with van der Waals surface area (Å²) in [5.74, 6) is 0. The molecule has 1 aromatic heterocycles. The van der Waals surface area contributed by atoms with Gasteiger partial charge >= 0.3 is 0 Å². The lowest BCUT2D eigenvalue weighted by molar-refractivity contribution is 0.816. The molecule has 1 atom stereocenters. The Morgan fingerprint density at radius 2 is 2.67 bits per heavy atom. The SMILES string of the molecule is CNC(I)c1nccs1. The highest BCUT2D eigenvalue weighted by atomic mass is 127. The summed E-state index contributed by atoms with van der Waals surface area (Å²) >= 11 is 3.98. The van der Waals surface area contributed by atoms with Crippen molar-refractivity contribution in [1.29, 1.82) is 0 Å². The van der Waals surface area contributed by atoms with Crippen molar-refractivity contribution in [1.82, 2.24) is 10.3 Å². The van der Waals surface area contributed by atoms with Crippen LogP contribution in [0.2, 0.25) is 0 Å². The fourth-order valence-electron chi connectivity index (χ4n) is 0.483. The lowest BCUT2D eigenvalue weighted by Gasteiger charge is -2.01. The molecule has 0 amide bonds. The van der Waals surface area contributed by atoms with E-state index in [1.54, 1.807) is 11.3 Å². The summed E-state index contributed by atoms with van der Waals surface area (Å²) in [5.41, 5.74) is 0. The van der Waals surface area contributed by atoms with Crippen molar-refractivity contribution in [3.8, 4) is 0 Å². The highest BCUT2D eigenvalue weighted by Crippen LogP contribution is 2.20. The van der Waals surface area contributed by atoms with E-state index in [0.29, 0.717) is 4.05 Å². The predicted octanol–water partition coefficient (Wildman–Crippen LogP) is 1.80. The predicted molar refractivity (Wildman–Crippen MR) is 47.9 cm³/mol. The van der Waals surface area contributed by atoms with Gasteiger partial charge in [-0.05, 0) is 7.05 Å². The molecule has 0 saturated carbocycles. The molecule has 0 aliphatic carbocycles. The molecule has 2 nitrogen and oxygen atoms in total. The van der Waals surface area contributed by atoms with Crippen LogP contribution >= 0.6 is 33.9 Å². The second-order valence-corrected chi connectivity index (χ2v) is 3.69. The second kappa shape index (κ2) is 3.48. The lowest BCUT2D eigenvalue weighted by Crippen LogP contribution is -2.08. The smallest absolute Gasteiger partial charge is 0.120 e. The molecule has 0 bridgehead atoms. The van der Waals surface area contributed by atoms with Crippen molar-refractivity contribution in [2.45, 2.75) is 4.05 Å². The van der Waals surface area contributed by atoms with Crippen molar-refractivity contribution < 1.29 is 0 Å². The van der Waals surface area contributed by atoms with Crippen molar-refractivity contribution >= 4 is 33.9 Å². The maximum absolute atomic E-state index is 4.14. The molecule has 0 aliphatic heterocycles. The molecule has 0 aromatic carbocycles. The first-order valence-electron chi connectivity index (χ1n) is 2.55. The molecular formula is C5H7IN2S. The first-order chi connectivity index (χ1) is 4.34. The third kappa shape index (κ3) is 1.87. The average molecular weight is 254 g/mol. The number of nitrogens with zero attached hydrogens (tertiary/aromatic N) is 1. The van der Waals surface area contributed by atoms with Crippen molar-refractivity contribution in [2.75, 3.05) is 7.05 Å². The van der Waals surface area contributed by atoms with E-state index in [4.69, 9.17) is 0 Å². The van der Waals surface area contributed by atoms with Gasteiger partial charge in [0.25, 0.3) is 0 Å². The Labute approximate surface area is 71.8 Å². The van der Waals surface area contributed by atoms with Gasteiger partial charge in [-0.25, -0.2) is 4.98 Å². The molecular weight excluding hydrogens is 247 g/mol. The summed E-state index contributed by atoms with van der Waals surface area (Å²) < 4.78 is 0.364. The molecule has 0 spiro atoms.